The highest BCUT2D eigenvalue weighted by Crippen LogP contribution is 2.27. The van der Waals surface area contributed by atoms with Crippen LogP contribution in [0.3, 0.4) is 0 Å². The average molecular weight is 407 g/mol. The minimum absolute atomic E-state index is 0.00294. The molecule has 0 spiro atoms. The van der Waals surface area contributed by atoms with Gasteiger partial charge in [-0.2, -0.15) is 0 Å². The van der Waals surface area contributed by atoms with Gasteiger partial charge in [-0.1, -0.05) is 12.1 Å². The van der Waals surface area contributed by atoms with Gasteiger partial charge in [-0.25, -0.2) is 0 Å². The molecule has 1 aliphatic rings. The van der Waals surface area contributed by atoms with Crippen molar-refractivity contribution in [2.24, 2.45) is 0 Å². The number of amides is 2. The third kappa shape index (κ3) is 3.89. The minimum atomic E-state index is -0.238. The first-order valence-corrected chi connectivity index (χ1v) is 10.3. The quantitative estimate of drug-likeness (QED) is 0.693. The summed E-state index contributed by atoms with van der Waals surface area (Å²) in [6.07, 6.45) is 0.893. The molecule has 3 aromatic rings. The second-order valence-electron chi connectivity index (χ2n) is 7.01. The van der Waals surface area contributed by atoms with Gasteiger partial charge in [0.15, 0.2) is 0 Å². The molecule has 0 bridgehead atoms. The summed E-state index contributed by atoms with van der Waals surface area (Å²) < 4.78 is 5.19. The van der Waals surface area contributed by atoms with Crippen LogP contribution in [0.1, 0.15) is 36.7 Å². The van der Waals surface area contributed by atoms with Crippen LogP contribution in [0.25, 0.3) is 0 Å². The fraction of sp³-hybridized carbons (Fsp3) is 0.217. The predicted molar refractivity (Wildman–Crippen MR) is 115 cm³/mol. The van der Waals surface area contributed by atoms with Gasteiger partial charge in [-0.15, -0.1) is 11.3 Å². The first-order valence-electron chi connectivity index (χ1n) is 9.46. The second kappa shape index (κ2) is 8.09. The summed E-state index contributed by atoms with van der Waals surface area (Å²) in [5.74, 6) is 0.380. The van der Waals surface area contributed by atoms with Crippen molar-refractivity contribution in [2.45, 2.75) is 19.9 Å². The highest BCUT2D eigenvalue weighted by Gasteiger charge is 2.24. The van der Waals surface area contributed by atoms with Crippen LogP contribution < -0.4 is 10.1 Å². The highest BCUT2D eigenvalue weighted by molar-refractivity contribution is 7.10. The molecule has 0 atom stereocenters. The molecule has 0 saturated heterocycles. The summed E-state index contributed by atoms with van der Waals surface area (Å²) in [4.78, 5) is 29.1. The molecule has 1 N–H and O–H groups in total. The van der Waals surface area contributed by atoms with E-state index in [0.717, 1.165) is 12.0 Å². The molecule has 1 aromatic heterocycles. The molecule has 2 heterocycles. The summed E-state index contributed by atoms with van der Waals surface area (Å²) in [6.45, 7) is 3.22. The van der Waals surface area contributed by atoms with Gasteiger partial charge in [0.25, 0.3) is 11.8 Å². The van der Waals surface area contributed by atoms with Crippen LogP contribution >= 0.6 is 11.3 Å². The molecular formula is C23H22N2O3S. The maximum absolute atomic E-state index is 13.1. The number of methoxy groups -OCH3 is 1. The predicted octanol–water partition coefficient (Wildman–Crippen LogP) is 4.52. The minimum Gasteiger partial charge on any atom is -0.497 e. The SMILES string of the molecule is COc1cccc(C(=O)Nc2cccc(C(=O)N3CCc4sccc4C3)c2C)c1. The lowest BCUT2D eigenvalue weighted by Gasteiger charge is -2.28. The van der Waals surface area contributed by atoms with E-state index in [1.165, 1.54) is 10.4 Å². The molecule has 1 aliphatic heterocycles. The maximum atomic E-state index is 13.1. The summed E-state index contributed by atoms with van der Waals surface area (Å²) in [5.41, 5.74) is 3.75. The lowest BCUT2D eigenvalue weighted by molar-refractivity contribution is 0.0735. The van der Waals surface area contributed by atoms with E-state index in [-0.39, 0.29) is 11.8 Å². The Kier molecular flexibility index (Phi) is 5.36. The monoisotopic (exact) mass is 406 g/mol. The molecule has 148 valence electrons. The fourth-order valence-electron chi connectivity index (χ4n) is 3.55. The zero-order valence-electron chi connectivity index (χ0n) is 16.4. The van der Waals surface area contributed by atoms with Gasteiger partial charge in [-0.3, -0.25) is 9.59 Å². The standard InChI is InChI=1S/C23H22N2O3S/c1-15-19(23(27)25-11-9-21-17(14-25)10-12-29-21)7-4-8-20(15)24-22(26)16-5-3-6-18(13-16)28-2/h3-8,10,12-13H,9,11,14H2,1-2H3,(H,24,26). The third-order valence-electron chi connectivity index (χ3n) is 5.24. The number of nitrogens with zero attached hydrogens (tertiary/aromatic N) is 1. The molecular weight excluding hydrogens is 384 g/mol. The molecule has 5 nitrogen and oxygen atoms in total. The first-order chi connectivity index (χ1) is 14.1. The smallest absolute Gasteiger partial charge is 0.255 e. The number of hydrogen-bond acceptors (Lipinski definition) is 4. The van der Waals surface area contributed by atoms with Crippen molar-refractivity contribution in [1.82, 2.24) is 4.90 Å². The zero-order valence-corrected chi connectivity index (χ0v) is 17.2. The second-order valence-corrected chi connectivity index (χ2v) is 8.01. The molecule has 0 unspecified atom stereocenters. The van der Waals surface area contributed by atoms with Crippen LogP contribution in [0, 0.1) is 6.92 Å². The number of hydrogen-bond donors (Lipinski definition) is 1. The van der Waals surface area contributed by atoms with Gasteiger partial charge < -0.3 is 15.0 Å². The number of carbonyl (C=O) groups is 2. The molecule has 0 fully saturated rings. The van der Waals surface area contributed by atoms with Crippen molar-refractivity contribution in [3.63, 3.8) is 0 Å². The number of benzene rings is 2. The Morgan fingerprint density at radius 3 is 2.79 bits per heavy atom. The number of carbonyl (C=O) groups excluding carboxylic acids is 2. The van der Waals surface area contributed by atoms with E-state index in [4.69, 9.17) is 4.74 Å². The molecule has 0 aliphatic carbocycles. The van der Waals surface area contributed by atoms with E-state index < -0.39 is 0 Å². The van der Waals surface area contributed by atoms with Crippen molar-refractivity contribution in [2.75, 3.05) is 19.0 Å². The van der Waals surface area contributed by atoms with Crippen LogP contribution in [0.2, 0.25) is 0 Å². The van der Waals surface area contributed by atoms with Gasteiger partial charge >= 0.3 is 0 Å². The van der Waals surface area contributed by atoms with Crippen molar-refractivity contribution in [3.8, 4) is 5.75 Å². The van der Waals surface area contributed by atoms with Gasteiger partial charge in [0, 0.05) is 34.8 Å². The molecule has 0 radical (unpaired) electrons. The van der Waals surface area contributed by atoms with Crippen LogP contribution in [-0.4, -0.2) is 30.4 Å². The Morgan fingerprint density at radius 2 is 1.97 bits per heavy atom. The normalized spacial score (nSPS) is 13.0. The van der Waals surface area contributed by atoms with E-state index in [1.807, 2.05) is 24.0 Å². The van der Waals surface area contributed by atoms with Crippen LogP contribution in [0.4, 0.5) is 5.69 Å². The lowest BCUT2D eigenvalue weighted by atomic mass is 10.0. The average Bonchev–Trinajstić information content (AvgIpc) is 3.22. The third-order valence-corrected chi connectivity index (χ3v) is 6.26. The molecule has 2 amide bonds. The summed E-state index contributed by atoms with van der Waals surface area (Å²) in [5, 5.41) is 5.01. The summed E-state index contributed by atoms with van der Waals surface area (Å²) >= 11 is 1.75. The van der Waals surface area contributed by atoms with E-state index >= 15 is 0 Å². The Balaban J connectivity index is 1.54. The van der Waals surface area contributed by atoms with Crippen molar-refractivity contribution >= 4 is 28.8 Å². The highest BCUT2D eigenvalue weighted by atomic mass is 32.1. The largest absolute Gasteiger partial charge is 0.497 e. The summed E-state index contributed by atoms with van der Waals surface area (Å²) in [7, 11) is 1.57. The molecule has 29 heavy (non-hydrogen) atoms. The Morgan fingerprint density at radius 1 is 1.14 bits per heavy atom. The van der Waals surface area contributed by atoms with Crippen LogP contribution in [0.5, 0.6) is 5.75 Å². The molecule has 4 rings (SSSR count). The lowest BCUT2D eigenvalue weighted by Crippen LogP contribution is -2.35. The fourth-order valence-corrected chi connectivity index (χ4v) is 4.44. The Bertz CT molecular complexity index is 1070. The van der Waals surface area contributed by atoms with Crippen LogP contribution in [0.15, 0.2) is 53.9 Å². The number of nitrogens with one attached hydrogen (secondary N) is 1. The Labute approximate surface area is 173 Å². The number of anilines is 1. The van der Waals surface area contributed by atoms with E-state index in [9.17, 15) is 9.59 Å². The van der Waals surface area contributed by atoms with E-state index in [0.29, 0.717) is 35.7 Å². The maximum Gasteiger partial charge on any atom is 0.255 e. The Hall–Kier alpha value is -3.12. The van der Waals surface area contributed by atoms with E-state index in [2.05, 4.69) is 16.8 Å². The van der Waals surface area contributed by atoms with Gasteiger partial charge in [-0.05, 0) is 66.2 Å². The number of fused-ring (bicyclic) bond motifs is 1. The molecule has 0 saturated carbocycles. The van der Waals surface area contributed by atoms with Crippen molar-refractivity contribution in [1.29, 1.82) is 0 Å². The van der Waals surface area contributed by atoms with Gasteiger partial charge in [0.05, 0.1) is 7.11 Å². The first kappa shape index (κ1) is 19.2. The van der Waals surface area contributed by atoms with Crippen molar-refractivity contribution < 1.29 is 14.3 Å². The summed E-state index contributed by atoms with van der Waals surface area (Å²) in [6, 6.07) is 14.5. The van der Waals surface area contributed by atoms with E-state index in [1.54, 1.807) is 48.8 Å². The molecule has 2 aromatic carbocycles. The number of thiophene rings is 1. The zero-order chi connectivity index (χ0) is 20.4. The van der Waals surface area contributed by atoms with Gasteiger partial charge in [0.2, 0.25) is 0 Å². The van der Waals surface area contributed by atoms with Crippen LogP contribution in [-0.2, 0) is 13.0 Å². The number of rotatable bonds is 4. The topological polar surface area (TPSA) is 58.6 Å². The number of ether oxygens (including phenoxy) is 1. The van der Waals surface area contributed by atoms with Gasteiger partial charge in [0.1, 0.15) is 5.75 Å². The van der Waals surface area contributed by atoms with Crippen molar-refractivity contribution in [3.05, 3.63) is 81.0 Å². The molecule has 6 heteroatoms.